The van der Waals surface area contributed by atoms with Crippen LogP contribution in [0.15, 0.2) is 40.8 Å². The van der Waals surface area contributed by atoms with Gasteiger partial charge in [0.05, 0.1) is 11.6 Å². The third-order valence-electron chi connectivity index (χ3n) is 4.06. The van der Waals surface area contributed by atoms with Crippen molar-refractivity contribution in [3.63, 3.8) is 0 Å². The molecule has 6 nitrogen and oxygen atoms in total. The van der Waals surface area contributed by atoms with Gasteiger partial charge in [-0.3, -0.25) is 4.79 Å². The second-order valence-electron chi connectivity index (χ2n) is 5.63. The van der Waals surface area contributed by atoms with Gasteiger partial charge in [0.25, 0.3) is 0 Å². The number of piperidine rings is 1. The molecule has 0 saturated carbocycles. The normalized spacial score (nSPS) is 18.1. The summed E-state index contributed by atoms with van der Waals surface area (Å²) in [6.45, 7) is 0.540. The number of rotatable bonds is 2. The van der Waals surface area contributed by atoms with Gasteiger partial charge in [-0.05, 0) is 30.7 Å². The Hall–Kier alpha value is -2.89. The second-order valence-corrected chi connectivity index (χ2v) is 5.63. The highest BCUT2D eigenvalue weighted by molar-refractivity contribution is 5.77. The highest BCUT2D eigenvalue weighted by Gasteiger charge is 2.24. The smallest absolute Gasteiger partial charge is 0.220 e. The number of amides is 1. The van der Waals surface area contributed by atoms with Crippen molar-refractivity contribution < 1.29 is 14.3 Å². The van der Waals surface area contributed by atoms with E-state index < -0.39 is 0 Å². The Morgan fingerprint density at radius 1 is 1.17 bits per heavy atom. The van der Waals surface area contributed by atoms with E-state index in [0.717, 1.165) is 6.42 Å². The van der Waals surface area contributed by atoms with E-state index in [0.29, 0.717) is 41.3 Å². The maximum atomic E-state index is 11.2. The lowest BCUT2D eigenvalue weighted by molar-refractivity contribution is -0.122. The molecule has 1 unspecified atom stereocenters. The van der Waals surface area contributed by atoms with Crippen LogP contribution in [-0.4, -0.2) is 27.5 Å². The molecule has 1 aromatic carbocycles. The highest BCUT2D eigenvalue weighted by Crippen LogP contribution is 2.30. The molecule has 116 valence electrons. The van der Waals surface area contributed by atoms with Crippen LogP contribution in [0.25, 0.3) is 22.5 Å². The maximum Gasteiger partial charge on any atom is 0.220 e. The van der Waals surface area contributed by atoms with Gasteiger partial charge in [0.2, 0.25) is 11.8 Å². The summed E-state index contributed by atoms with van der Waals surface area (Å²) in [5.74, 6) is 0.924. The van der Waals surface area contributed by atoms with Gasteiger partial charge in [0.1, 0.15) is 5.75 Å². The Morgan fingerprint density at radius 2 is 2.04 bits per heavy atom. The van der Waals surface area contributed by atoms with E-state index in [1.807, 2.05) is 12.1 Å². The lowest BCUT2D eigenvalue weighted by Crippen LogP contribution is -2.33. The van der Waals surface area contributed by atoms with Gasteiger partial charge in [-0.15, -0.1) is 0 Å². The fourth-order valence-corrected chi connectivity index (χ4v) is 2.79. The number of pyridine rings is 1. The molecule has 1 fully saturated rings. The average molecular weight is 309 g/mol. The molecule has 1 atom stereocenters. The van der Waals surface area contributed by atoms with Crippen molar-refractivity contribution in [3.8, 4) is 17.0 Å². The fourth-order valence-electron chi connectivity index (χ4n) is 2.79. The quantitative estimate of drug-likeness (QED) is 0.759. The summed E-state index contributed by atoms with van der Waals surface area (Å²) in [6, 6.07) is 10.7. The van der Waals surface area contributed by atoms with Gasteiger partial charge in [0, 0.05) is 18.5 Å². The molecule has 2 aromatic heterocycles. The summed E-state index contributed by atoms with van der Waals surface area (Å²) in [5.41, 5.74) is 2.42. The van der Waals surface area contributed by atoms with Crippen LogP contribution < -0.4 is 5.32 Å². The van der Waals surface area contributed by atoms with E-state index in [4.69, 9.17) is 4.42 Å². The van der Waals surface area contributed by atoms with Crippen LogP contribution in [-0.2, 0) is 4.79 Å². The van der Waals surface area contributed by atoms with Gasteiger partial charge in [-0.25, -0.2) is 4.98 Å². The largest absolute Gasteiger partial charge is 0.507 e. The SMILES string of the molecule is O=C1CCC(c2nc3nc(-c4ccccc4O)ccc3o2)CN1. The molecule has 6 heteroatoms. The van der Waals surface area contributed by atoms with E-state index in [2.05, 4.69) is 15.3 Å². The molecule has 0 radical (unpaired) electrons. The molecule has 0 bridgehead atoms. The van der Waals surface area contributed by atoms with Crippen molar-refractivity contribution in [1.82, 2.24) is 15.3 Å². The second kappa shape index (κ2) is 5.39. The number of hydrogen-bond donors (Lipinski definition) is 2. The van der Waals surface area contributed by atoms with Crippen molar-refractivity contribution in [2.24, 2.45) is 0 Å². The van der Waals surface area contributed by atoms with E-state index in [-0.39, 0.29) is 17.6 Å². The first-order chi connectivity index (χ1) is 11.2. The van der Waals surface area contributed by atoms with Crippen LogP contribution in [0.1, 0.15) is 24.7 Å². The van der Waals surface area contributed by atoms with Crippen molar-refractivity contribution in [3.05, 3.63) is 42.3 Å². The van der Waals surface area contributed by atoms with Crippen molar-refractivity contribution in [2.45, 2.75) is 18.8 Å². The number of phenols is 1. The molecule has 1 saturated heterocycles. The summed E-state index contributed by atoms with van der Waals surface area (Å²) < 4.78 is 5.78. The van der Waals surface area contributed by atoms with Crippen LogP contribution in [0.4, 0.5) is 0 Å². The Balaban J connectivity index is 1.70. The standard InChI is InChI=1S/C17H15N3O3/c21-13-4-2-1-3-11(13)12-6-7-14-16(19-12)20-17(23-14)10-5-8-15(22)18-9-10/h1-4,6-7,10,21H,5,8-9H2,(H,18,22). The van der Waals surface area contributed by atoms with Gasteiger partial charge >= 0.3 is 0 Å². The summed E-state index contributed by atoms with van der Waals surface area (Å²) in [4.78, 5) is 20.2. The number of aromatic hydroxyl groups is 1. The van der Waals surface area contributed by atoms with Crippen molar-refractivity contribution >= 4 is 17.1 Å². The maximum absolute atomic E-state index is 11.2. The zero-order chi connectivity index (χ0) is 15.8. The number of nitrogens with zero attached hydrogens (tertiary/aromatic N) is 2. The zero-order valence-electron chi connectivity index (χ0n) is 12.3. The number of benzene rings is 1. The third-order valence-corrected chi connectivity index (χ3v) is 4.06. The number of oxazole rings is 1. The minimum Gasteiger partial charge on any atom is -0.507 e. The molecular formula is C17H15N3O3. The van der Waals surface area contributed by atoms with E-state index in [9.17, 15) is 9.90 Å². The number of nitrogens with one attached hydrogen (secondary N) is 1. The number of aromatic nitrogens is 2. The Morgan fingerprint density at radius 3 is 2.83 bits per heavy atom. The minimum atomic E-state index is 0.0670. The topological polar surface area (TPSA) is 88.2 Å². The number of fused-ring (bicyclic) bond motifs is 1. The number of hydrogen-bond acceptors (Lipinski definition) is 5. The predicted octanol–water partition coefficient (Wildman–Crippen LogP) is 2.59. The number of phenolic OH excluding ortho intramolecular Hbond substituents is 1. The monoisotopic (exact) mass is 309 g/mol. The fraction of sp³-hybridized carbons (Fsp3) is 0.235. The van der Waals surface area contributed by atoms with E-state index >= 15 is 0 Å². The highest BCUT2D eigenvalue weighted by atomic mass is 16.3. The summed E-state index contributed by atoms with van der Waals surface area (Å²) >= 11 is 0. The Labute approximate surface area is 132 Å². The van der Waals surface area contributed by atoms with Gasteiger partial charge in [-0.2, -0.15) is 4.98 Å². The first-order valence-electron chi connectivity index (χ1n) is 7.53. The predicted molar refractivity (Wildman–Crippen MR) is 83.9 cm³/mol. The van der Waals surface area contributed by atoms with Gasteiger partial charge < -0.3 is 14.8 Å². The first-order valence-corrected chi connectivity index (χ1v) is 7.53. The molecule has 1 amide bonds. The molecule has 23 heavy (non-hydrogen) atoms. The van der Waals surface area contributed by atoms with Crippen LogP contribution in [0.5, 0.6) is 5.75 Å². The molecule has 4 rings (SSSR count). The molecule has 1 aliphatic rings. The van der Waals surface area contributed by atoms with Crippen LogP contribution in [0.2, 0.25) is 0 Å². The minimum absolute atomic E-state index is 0.0670. The summed E-state index contributed by atoms with van der Waals surface area (Å²) in [5, 5.41) is 12.8. The molecular weight excluding hydrogens is 294 g/mol. The molecule has 0 spiro atoms. The van der Waals surface area contributed by atoms with Crippen molar-refractivity contribution in [1.29, 1.82) is 0 Å². The molecule has 0 aliphatic carbocycles. The molecule has 3 aromatic rings. The number of carbonyl (C=O) groups is 1. The van der Waals surface area contributed by atoms with Gasteiger partial charge in [-0.1, -0.05) is 12.1 Å². The summed E-state index contributed by atoms with van der Waals surface area (Å²) in [7, 11) is 0. The first kappa shape index (κ1) is 13.8. The zero-order valence-corrected chi connectivity index (χ0v) is 12.3. The van der Waals surface area contributed by atoms with Crippen LogP contribution in [0.3, 0.4) is 0 Å². The molecule has 3 heterocycles. The molecule has 1 aliphatic heterocycles. The molecule has 2 N–H and O–H groups in total. The van der Waals surface area contributed by atoms with E-state index in [1.165, 1.54) is 0 Å². The lowest BCUT2D eigenvalue weighted by atomic mass is 9.99. The third kappa shape index (κ3) is 2.52. The van der Waals surface area contributed by atoms with Crippen LogP contribution in [0, 0.1) is 0 Å². The average Bonchev–Trinajstić information content (AvgIpc) is 2.99. The van der Waals surface area contributed by atoms with Crippen molar-refractivity contribution in [2.75, 3.05) is 6.54 Å². The Kier molecular flexibility index (Phi) is 3.22. The van der Waals surface area contributed by atoms with Gasteiger partial charge in [0.15, 0.2) is 11.2 Å². The Bertz CT molecular complexity index is 878. The van der Waals surface area contributed by atoms with E-state index in [1.54, 1.807) is 24.3 Å². The van der Waals surface area contributed by atoms with Crippen LogP contribution >= 0.6 is 0 Å². The summed E-state index contributed by atoms with van der Waals surface area (Å²) in [6.07, 6.45) is 1.21. The number of para-hydroxylation sites is 1. The lowest BCUT2D eigenvalue weighted by Gasteiger charge is -2.18. The number of carbonyl (C=O) groups excluding carboxylic acids is 1.